The predicted octanol–water partition coefficient (Wildman–Crippen LogP) is 0.742. The van der Waals surface area contributed by atoms with Crippen LogP contribution in [0.3, 0.4) is 0 Å². The van der Waals surface area contributed by atoms with Crippen LogP contribution in [0, 0.1) is 0 Å². The minimum atomic E-state index is -2.88. The van der Waals surface area contributed by atoms with Crippen LogP contribution in [0.2, 0.25) is 0 Å². The van der Waals surface area contributed by atoms with Crippen molar-refractivity contribution in [3.63, 3.8) is 0 Å². The van der Waals surface area contributed by atoms with Gasteiger partial charge in [-0.2, -0.15) is 0 Å². The standard InChI is InChI=1S/C9H21N3O2S.HI/c1-4-8(2)12-9(10)11-6-5-7-15(3,13)14;/h8H,4-7H2,1-3H3,(H3,10,11,12);1H. The van der Waals surface area contributed by atoms with Gasteiger partial charge in [0.15, 0.2) is 5.96 Å². The van der Waals surface area contributed by atoms with Crippen molar-refractivity contribution in [3.8, 4) is 0 Å². The third-order valence-electron chi connectivity index (χ3n) is 1.96. The quantitative estimate of drug-likeness (QED) is 0.316. The predicted molar refractivity (Wildman–Crippen MR) is 79.1 cm³/mol. The average Bonchev–Trinajstić information content (AvgIpc) is 2.11. The summed E-state index contributed by atoms with van der Waals surface area (Å²) in [5, 5.41) is 3.01. The van der Waals surface area contributed by atoms with E-state index in [0.29, 0.717) is 25.0 Å². The Bertz CT molecular complexity index is 304. The highest BCUT2D eigenvalue weighted by Crippen LogP contribution is 1.90. The van der Waals surface area contributed by atoms with Crippen molar-refractivity contribution in [1.29, 1.82) is 0 Å². The van der Waals surface area contributed by atoms with Crippen LogP contribution in [-0.4, -0.2) is 39.0 Å². The molecule has 0 aromatic rings. The van der Waals surface area contributed by atoms with Crippen LogP contribution in [0.1, 0.15) is 26.7 Å². The lowest BCUT2D eigenvalue weighted by Gasteiger charge is -2.11. The number of aliphatic imine (C=N–C) groups is 1. The van der Waals surface area contributed by atoms with Gasteiger partial charge in [0.05, 0.1) is 5.75 Å². The largest absolute Gasteiger partial charge is 0.370 e. The molecule has 16 heavy (non-hydrogen) atoms. The number of guanidine groups is 1. The maximum absolute atomic E-state index is 10.8. The number of halogens is 1. The van der Waals surface area contributed by atoms with Gasteiger partial charge >= 0.3 is 0 Å². The fourth-order valence-electron chi connectivity index (χ4n) is 0.926. The second-order valence-corrected chi connectivity index (χ2v) is 5.96. The van der Waals surface area contributed by atoms with Crippen molar-refractivity contribution in [1.82, 2.24) is 5.32 Å². The number of sulfone groups is 1. The Kier molecular flexibility index (Phi) is 10.3. The van der Waals surface area contributed by atoms with Crippen LogP contribution in [0.5, 0.6) is 0 Å². The Morgan fingerprint density at radius 1 is 1.50 bits per heavy atom. The Morgan fingerprint density at radius 3 is 2.50 bits per heavy atom. The summed E-state index contributed by atoms with van der Waals surface area (Å²) < 4.78 is 21.6. The summed E-state index contributed by atoms with van der Waals surface area (Å²) in [5.41, 5.74) is 5.59. The van der Waals surface area contributed by atoms with Gasteiger partial charge < -0.3 is 11.1 Å². The van der Waals surface area contributed by atoms with Crippen molar-refractivity contribution in [3.05, 3.63) is 0 Å². The molecule has 0 aromatic heterocycles. The molecule has 0 aliphatic carbocycles. The first-order valence-corrected chi connectivity index (χ1v) is 7.15. The van der Waals surface area contributed by atoms with Gasteiger partial charge in [-0.05, 0) is 19.8 Å². The summed E-state index contributed by atoms with van der Waals surface area (Å²) in [4.78, 5) is 4.03. The molecule has 0 aliphatic rings. The molecular weight excluding hydrogens is 341 g/mol. The van der Waals surface area contributed by atoms with Crippen LogP contribution >= 0.6 is 24.0 Å². The highest BCUT2D eigenvalue weighted by atomic mass is 127. The van der Waals surface area contributed by atoms with Gasteiger partial charge in [0, 0.05) is 18.8 Å². The van der Waals surface area contributed by atoms with E-state index >= 15 is 0 Å². The molecule has 0 rings (SSSR count). The molecule has 0 heterocycles. The Morgan fingerprint density at radius 2 is 2.06 bits per heavy atom. The molecule has 98 valence electrons. The summed E-state index contributed by atoms with van der Waals surface area (Å²) in [7, 11) is -2.88. The molecule has 0 amide bonds. The molecular formula is C9H22IN3O2S. The highest BCUT2D eigenvalue weighted by Gasteiger charge is 2.01. The third-order valence-corrected chi connectivity index (χ3v) is 2.99. The molecule has 0 aliphatic heterocycles. The molecule has 0 saturated carbocycles. The fraction of sp³-hybridized carbons (Fsp3) is 0.889. The van der Waals surface area contributed by atoms with Crippen LogP contribution in [0.15, 0.2) is 4.99 Å². The molecule has 0 aromatic carbocycles. The van der Waals surface area contributed by atoms with Crippen molar-refractivity contribution >= 4 is 39.8 Å². The number of hydrogen-bond acceptors (Lipinski definition) is 3. The van der Waals surface area contributed by atoms with Crippen molar-refractivity contribution in [2.75, 3.05) is 18.6 Å². The number of nitrogens with zero attached hydrogens (tertiary/aromatic N) is 1. The van der Waals surface area contributed by atoms with E-state index < -0.39 is 9.84 Å². The molecule has 7 heteroatoms. The van der Waals surface area contributed by atoms with Gasteiger partial charge in [0.1, 0.15) is 9.84 Å². The summed E-state index contributed by atoms with van der Waals surface area (Å²) >= 11 is 0. The molecule has 3 N–H and O–H groups in total. The third kappa shape index (κ3) is 12.0. The molecule has 5 nitrogen and oxygen atoms in total. The van der Waals surface area contributed by atoms with Crippen LogP contribution in [0.25, 0.3) is 0 Å². The zero-order chi connectivity index (χ0) is 11.9. The number of nitrogens with two attached hydrogens (primary N) is 1. The van der Waals surface area contributed by atoms with E-state index in [1.54, 1.807) is 0 Å². The molecule has 1 unspecified atom stereocenters. The Labute approximate surface area is 115 Å². The lowest BCUT2D eigenvalue weighted by Crippen LogP contribution is -2.38. The first-order chi connectivity index (χ1) is 6.85. The number of rotatable bonds is 6. The van der Waals surface area contributed by atoms with E-state index in [9.17, 15) is 8.42 Å². The molecule has 0 bridgehead atoms. The zero-order valence-corrected chi connectivity index (χ0v) is 13.2. The van der Waals surface area contributed by atoms with E-state index in [1.807, 2.05) is 6.92 Å². The SMILES string of the molecule is CCC(C)NC(N)=NCCCS(C)(=O)=O.I. The monoisotopic (exact) mass is 363 g/mol. The second-order valence-electron chi connectivity index (χ2n) is 3.70. The first kappa shape index (κ1) is 18.3. The second kappa shape index (κ2) is 9.03. The maximum Gasteiger partial charge on any atom is 0.188 e. The van der Waals surface area contributed by atoms with Crippen molar-refractivity contribution in [2.24, 2.45) is 10.7 Å². The summed E-state index contributed by atoms with van der Waals surface area (Å²) in [6.45, 7) is 4.51. The minimum Gasteiger partial charge on any atom is -0.370 e. The van der Waals surface area contributed by atoms with E-state index in [2.05, 4.69) is 17.2 Å². The molecule has 1 atom stereocenters. The van der Waals surface area contributed by atoms with Gasteiger partial charge in [-0.3, -0.25) is 4.99 Å². The Hall–Kier alpha value is -0.0500. The van der Waals surface area contributed by atoms with Crippen LogP contribution in [-0.2, 0) is 9.84 Å². The Balaban J connectivity index is 0. The summed E-state index contributed by atoms with van der Waals surface area (Å²) in [6, 6.07) is 0.295. The zero-order valence-electron chi connectivity index (χ0n) is 10.1. The van der Waals surface area contributed by atoms with Gasteiger partial charge in [-0.15, -0.1) is 24.0 Å². The van der Waals surface area contributed by atoms with Gasteiger partial charge in [0.25, 0.3) is 0 Å². The lowest BCUT2D eigenvalue weighted by molar-refractivity contribution is 0.599. The normalized spacial score (nSPS) is 14.1. The van der Waals surface area contributed by atoms with Gasteiger partial charge in [-0.25, -0.2) is 8.42 Å². The maximum atomic E-state index is 10.8. The molecule has 0 spiro atoms. The number of nitrogens with one attached hydrogen (secondary N) is 1. The van der Waals surface area contributed by atoms with Crippen molar-refractivity contribution < 1.29 is 8.42 Å². The van der Waals surface area contributed by atoms with E-state index in [4.69, 9.17) is 5.73 Å². The van der Waals surface area contributed by atoms with E-state index in [1.165, 1.54) is 6.26 Å². The van der Waals surface area contributed by atoms with Crippen LogP contribution < -0.4 is 11.1 Å². The van der Waals surface area contributed by atoms with Crippen LogP contribution in [0.4, 0.5) is 0 Å². The van der Waals surface area contributed by atoms with Crippen molar-refractivity contribution in [2.45, 2.75) is 32.7 Å². The number of hydrogen-bond donors (Lipinski definition) is 2. The van der Waals surface area contributed by atoms with Gasteiger partial charge in [-0.1, -0.05) is 6.92 Å². The smallest absolute Gasteiger partial charge is 0.188 e. The summed E-state index contributed by atoms with van der Waals surface area (Å²) in [5.74, 6) is 0.547. The summed E-state index contributed by atoms with van der Waals surface area (Å²) in [6.07, 6.45) is 2.71. The van der Waals surface area contributed by atoms with Gasteiger partial charge in [0.2, 0.25) is 0 Å². The fourth-order valence-corrected chi connectivity index (χ4v) is 1.58. The minimum absolute atomic E-state index is 0. The topological polar surface area (TPSA) is 84.5 Å². The average molecular weight is 363 g/mol. The first-order valence-electron chi connectivity index (χ1n) is 5.09. The van der Waals surface area contributed by atoms with E-state index in [-0.39, 0.29) is 29.7 Å². The highest BCUT2D eigenvalue weighted by molar-refractivity contribution is 14.0. The lowest BCUT2D eigenvalue weighted by atomic mass is 10.3. The molecule has 0 fully saturated rings. The molecule has 0 saturated heterocycles. The molecule has 0 radical (unpaired) electrons. The van der Waals surface area contributed by atoms with E-state index in [0.717, 1.165) is 6.42 Å².